The molecule has 0 saturated heterocycles. The molecule has 0 bridgehead atoms. The van der Waals surface area contributed by atoms with Gasteiger partial charge in [-0.3, -0.25) is 4.79 Å². The zero-order valence-corrected chi connectivity index (χ0v) is 15.8. The molecular formula is C20H19ClN4O2. The summed E-state index contributed by atoms with van der Waals surface area (Å²) < 4.78 is 6.99. The second kappa shape index (κ2) is 8.51. The molecule has 0 atom stereocenters. The van der Waals surface area contributed by atoms with Crippen molar-refractivity contribution in [2.75, 3.05) is 6.61 Å². The van der Waals surface area contributed by atoms with Gasteiger partial charge in [-0.15, -0.1) is 0 Å². The Morgan fingerprint density at radius 3 is 2.59 bits per heavy atom. The maximum absolute atomic E-state index is 12.2. The minimum atomic E-state index is -0.321. The lowest BCUT2D eigenvalue weighted by Crippen LogP contribution is -2.17. The number of carbonyl (C=O) groups is 1. The summed E-state index contributed by atoms with van der Waals surface area (Å²) in [6.07, 6.45) is 1.50. The Morgan fingerprint density at radius 1 is 1.22 bits per heavy atom. The van der Waals surface area contributed by atoms with E-state index in [-0.39, 0.29) is 5.91 Å². The standard InChI is InChI=1S/C20H19ClN4O2/c1-3-27-17-11-9-15(10-12-17)20(26)23-22-13-18-14(2)24-25(19(18)21)16-7-5-4-6-8-16/h4-13H,3H2,1-2H3,(H,23,26)/b22-13-. The average Bonchev–Trinajstić information content (AvgIpc) is 2.97. The van der Waals surface area contributed by atoms with Crippen molar-refractivity contribution in [2.24, 2.45) is 5.10 Å². The van der Waals surface area contributed by atoms with Crippen LogP contribution in [0.1, 0.15) is 28.5 Å². The van der Waals surface area contributed by atoms with E-state index in [1.165, 1.54) is 6.21 Å². The van der Waals surface area contributed by atoms with Crippen LogP contribution < -0.4 is 10.2 Å². The van der Waals surface area contributed by atoms with Gasteiger partial charge in [0, 0.05) is 5.56 Å². The molecule has 0 fully saturated rings. The monoisotopic (exact) mass is 382 g/mol. The van der Waals surface area contributed by atoms with E-state index in [9.17, 15) is 4.79 Å². The van der Waals surface area contributed by atoms with E-state index < -0.39 is 0 Å². The van der Waals surface area contributed by atoms with Crippen molar-refractivity contribution in [3.05, 3.63) is 76.6 Å². The summed E-state index contributed by atoms with van der Waals surface area (Å²) in [5, 5.41) is 8.87. The molecule has 0 radical (unpaired) electrons. The Hall–Kier alpha value is -3.12. The molecule has 0 unspecified atom stereocenters. The molecule has 7 heteroatoms. The molecule has 2 aromatic carbocycles. The van der Waals surface area contributed by atoms with Gasteiger partial charge in [0.2, 0.25) is 0 Å². The number of aryl methyl sites for hydroxylation is 1. The molecule has 1 aromatic heterocycles. The van der Waals surface area contributed by atoms with Crippen LogP contribution in [0.15, 0.2) is 59.7 Å². The summed E-state index contributed by atoms with van der Waals surface area (Å²) in [7, 11) is 0. The maximum Gasteiger partial charge on any atom is 0.271 e. The zero-order chi connectivity index (χ0) is 19.2. The molecule has 27 heavy (non-hydrogen) atoms. The van der Waals surface area contributed by atoms with Crippen molar-refractivity contribution in [2.45, 2.75) is 13.8 Å². The van der Waals surface area contributed by atoms with Crippen LogP contribution in [0.4, 0.5) is 0 Å². The van der Waals surface area contributed by atoms with Crippen LogP contribution in [-0.2, 0) is 0 Å². The van der Waals surface area contributed by atoms with Gasteiger partial charge < -0.3 is 4.74 Å². The summed E-state index contributed by atoms with van der Waals surface area (Å²) in [5.41, 5.74) is 5.19. The van der Waals surface area contributed by atoms with E-state index in [0.717, 1.165) is 5.69 Å². The Kier molecular flexibility index (Phi) is 5.88. The molecule has 1 amide bonds. The number of hydrogen-bond acceptors (Lipinski definition) is 4. The Morgan fingerprint density at radius 2 is 1.93 bits per heavy atom. The molecule has 3 rings (SSSR count). The predicted molar refractivity (Wildman–Crippen MR) is 106 cm³/mol. The molecule has 3 aromatic rings. The number of hydrazone groups is 1. The van der Waals surface area contributed by atoms with Crippen molar-refractivity contribution < 1.29 is 9.53 Å². The van der Waals surface area contributed by atoms with Crippen molar-refractivity contribution in [3.8, 4) is 11.4 Å². The predicted octanol–water partition coefficient (Wildman–Crippen LogP) is 4.00. The van der Waals surface area contributed by atoms with Crippen LogP contribution in [0, 0.1) is 6.92 Å². The number of nitrogens with one attached hydrogen (secondary N) is 1. The number of rotatable bonds is 6. The second-order valence-corrected chi connectivity index (χ2v) is 6.05. The second-order valence-electron chi connectivity index (χ2n) is 5.69. The number of nitrogens with zero attached hydrogens (tertiary/aromatic N) is 3. The fourth-order valence-corrected chi connectivity index (χ4v) is 2.81. The van der Waals surface area contributed by atoms with Crippen LogP contribution in [0.3, 0.4) is 0 Å². The zero-order valence-electron chi connectivity index (χ0n) is 15.0. The van der Waals surface area contributed by atoms with Gasteiger partial charge in [-0.2, -0.15) is 10.2 Å². The summed E-state index contributed by atoms with van der Waals surface area (Å²) in [6, 6.07) is 16.4. The van der Waals surface area contributed by atoms with E-state index in [2.05, 4.69) is 15.6 Å². The van der Waals surface area contributed by atoms with E-state index in [1.807, 2.05) is 44.2 Å². The minimum Gasteiger partial charge on any atom is -0.494 e. The van der Waals surface area contributed by atoms with Gasteiger partial charge >= 0.3 is 0 Å². The van der Waals surface area contributed by atoms with Crippen molar-refractivity contribution in [3.63, 3.8) is 0 Å². The normalized spacial score (nSPS) is 10.9. The smallest absolute Gasteiger partial charge is 0.271 e. The highest BCUT2D eigenvalue weighted by Crippen LogP contribution is 2.21. The van der Waals surface area contributed by atoms with E-state index in [1.54, 1.807) is 28.9 Å². The van der Waals surface area contributed by atoms with Crippen LogP contribution >= 0.6 is 11.6 Å². The third-order valence-electron chi connectivity index (χ3n) is 3.84. The van der Waals surface area contributed by atoms with Crippen LogP contribution in [0.5, 0.6) is 5.75 Å². The largest absolute Gasteiger partial charge is 0.494 e. The number of halogens is 1. The number of ether oxygens (including phenoxy) is 1. The van der Waals surface area contributed by atoms with E-state index in [4.69, 9.17) is 16.3 Å². The minimum absolute atomic E-state index is 0.321. The first-order chi connectivity index (χ1) is 13.1. The van der Waals surface area contributed by atoms with Gasteiger partial charge in [0.25, 0.3) is 5.91 Å². The van der Waals surface area contributed by atoms with Crippen LogP contribution in [-0.4, -0.2) is 28.5 Å². The van der Waals surface area contributed by atoms with Crippen molar-refractivity contribution >= 4 is 23.7 Å². The van der Waals surface area contributed by atoms with Gasteiger partial charge in [0.15, 0.2) is 0 Å². The number of carbonyl (C=O) groups excluding carboxylic acids is 1. The highest BCUT2D eigenvalue weighted by Gasteiger charge is 2.13. The summed E-state index contributed by atoms with van der Waals surface area (Å²) >= 11 is 6.43. The molecule has 0 aliphatic rings. The molecule has 0 aliphatic carbocycles. The third kappa shape index (κ3) is 4.35. The molecule has 1 heterocycles. The van der Waals surface area contributed by atoms with Gasteiger partial charge in [0.05, 0.1) is 29.8 Å². The lowest BCUT2D eigenvalue weighted by molar-refractivity contribution is 0.0955. The lowest BCUT2D eigenvalue weighted by atomic mass is 10.2. The van der Waals surface area contributed by atoms with Gasteiger partial charge in [-0.05, 0) is 50.2 Å². The van der Waals surface area contributed by atoms with Gasteiger partial charge in [-0.25, -0.2) is 10.1 Å². The molecule has 1 N–H and O–H groups in total. The lowest BCUT2D eigenvalue weighted by Gasteiger charge is -2.04. The average molecular weight is 383 g/mol. The van der Waals surface area contributed by atoms with Gasteiger partial charge in [0.1, 0.15) is 10.9 Å². The highest BCUT2D eigenvalue weighted by atomic mass is 35.5. The molecule has 0 aliphatic heterocycles. The number of aromatic nitrogens is 2. The first-order valence-electron chi connectivity index (χ1n) is 8.47. The van der Waals surface area contributed by atoms with Crippen molar-refractivity contribution in [1.29, 1.82) is 0 Å². The molecule has 0 saturated carbocycles. The number of para-hydroxylation sites is 1. The summed E-state index contributed by atoms with van der Waals surface area (Å²) in [6.45, 7) is 4.32. The first kappa shape index (κ1) is 18.7. The summed E-state index contributed by atoms with van der Waals surface area (Å²) in [5.74, 6) is 0.395. The number of hydrogen-bond donors (Lipinski definition) is 1. The Bertz CT molecular complexity index is 950. The first-order valence-corrected chi connectivity index (χ1v) is 8.84. The SMILES string of the molecule is CCOc1ccc(C(=O)N/N=C\c2c(C)nn(-c3ccccc3)c2Cl)cc1. The fraction of sp³-hybridized carbons (Fsp3) is 0.150. The maximum atomic E-state index is 12.2. The molecule has 0 spiro atoms. The van der Waals surface area contributed by atoms with Gasteiger partial charge in [-0.1, -0.05) is 29.8 Å². The summed E-state index contributed by atoms with van der Waals surface area (Å²) in [4.78, 5) is 12.2. The third-order valence-corrected chi connectivity index (χ3v) is 4.20. The van der Waals surface area contributed by atoms with Crippen molar-refractivity contribution in [1.82, 2.24) is 15.2 Å². The van der Waals surface area contributed by atoms with E-state index in [0.29, 0.717) is 34.3 Å². The molecular weight excluding hydrogens is 364 g/mol. The quantitative estimate of drug-likeness (QED) is 0.517. The fourth-order valence-electron chi connectivity index (χ4n) is 2.49. The Labute approximate surface area is 162 Å². The topological polar surface area (TPSA) is 68.5 Å². The highest BCUT2D eigenvalue weighted by molar-refractivity contribution is 6.32. The molecule has 138 valence electrons. The molecule has 6 nitrogen and oxygen atoms in total. The van der Waals surface area contributed by atoms with Crippen LogP contribution in [0.25, 0.3) is 5.69 Å². The van der Waals surface area contributed by atoms with Crippen LogP contribution in [0.2, 0.25) is 5.15 Å². The Balaban J connectivity index is 1.71. The van der Waals surface area contributed by atoms with E-state index >= 15 is 0 Å². The number of benzene rings is 2. The number of amides is 1.